The van der Waals surface area contributed by atoms with Crippen molar-refractivity contribution in [3.8, 4) is 0 Å². The van der Waals surface area contributed by atoms with Crippen LogP contribution in [0.2, 0.25) is 0 Å². The van der Waals surface area contributed by atoms with Crippen LogP contribution in [0.1, 0.15) is 73.4 Å². The smallest absolute Gasteiger partial charge is 0.407 e. The maximum Gasteiger partial charge on any atom is 0.407 e. The Morgan fingerprint density at radius 1 is 0.673 bits per heavy atom. The average Bonchev–Trinajstić information content (AvgIpc) is 3.74. The summed E-state index contributed by atoms with van der Waals surface area (Å²) in [7, 11) is 0. The summed E-state index contributed by atoms with van der Waals surface area (Å²) in [6, 6.07) is 21.3. The highest BCUT2D eigenvalue weighted by atomic mass is 16.6. The maximum absolute atomic E-state index is 12.8. The molecule has 52 heavy (non-hydrogen) atoms. The number of nitrogens with zero attached hydrogens (tertiary/aromatic N) is 1. The van der Waals surface area contributed by atoms with Gasteiger partial charge < -0.3 is 34.7 Å². The lowest BCUT2D eigenvalue weighted by Gasteiger charge is -2.26. The van der Waals surface area contributed by atoms with Gasteiger partial charge in [-0.2, -0.15) is 0 Å². The van der Waals surface area contributed by atoms with Crippen LogP contribution in [0.3, 0.4) is 0 Å². The molecule has 1 aliphatic heterocycles. The van der Waals surface area contributed by atoms with Gasteiger partial charge in [0.25, 0.3) is 11.8 Å². The van der Waals surface area contributed by atoms with Crippen molar-refractivity contribution >= 4 is 45.9 Å². The number of ether oxygens (including phenoxy) is 2. The number of para-hydroxylation sites is 2. The molecule has 274 valence electrons. The molecule has 12 heteroatoms. The second-order valence-electron chi connectivity index (χ2n) is 14.6. The molecule has 2 aromatic heterocycles. The molecule has 3 aromatic carbocycles. The van der Waals surface area contributed by atoms with Crippen molar-refractivity contribution in [3.63, 3.8) is 0 Å². The fourth-order valence-electron chi connectivity index (χ4n) is 5.84. The van der Waals surface area contributed by atoms with E-state index < -0.39 is 29.4 Å². The summed E-state index contributed by atoms with van der Waals surface area (Å²) < 4.78 is 21.7. The van der Waals surface area contributed by atoms with Gasteiger partial charge in [-0.3, -0.25) is 14.5 Å². The number of carbonyl (C=O) groups excluding carboxylic acids is 4. The Morgan fingerprint density at radius 2 is 1.08 bits per heavy atom. The molecule has 0 bridgehead atoms. The van der Waals surface area contributed by atoms with E-state index in [1.807, 2.05) is 69.3 Å². The number of nitrogens with two attached hydrogens (primary N) is 1. The van der Waals surface area contributed by atoms with Crippen molar-refractivity contribution in [2.24, 2.45) is 5.73 Å². The largest absolute Gasteiger partial charge is 0.464 e. The van der Waals surface area contributed by atoms with Crippen molar-refractivity contribution in [1.29, 1.82) is 0 Å². The van der Waals surface area contributed by atoms with Gasteiger partial charge in [0.2, 0.25) is 0 Å². The van der Waals surface area contributed by atoms with E-state index in [1.54, 1.807) is 57.6 Å². The predicted molar refractivity (Wildman–Crippen MR) is 197 cm³/mol. The number of hydrogen-bond acceptors (Lipinski definition) is 9. The van der Waals surface area contributed by atoms with Gasteiger partial charge >= 0.3 is 12.2 Å². The van der Waals surface area contributed by atoms with Crippen LogP contribution in [-0.2, 0) is 22.3 Å². The maximum atomic E-state index is 12.8. The lowest BCUT2D eigenvalue weighted by molar-refractivity contribution is 0.0467. The molecule has 5 aromatic rings. The van der Waals surface area contributed by atoms with Gasteiger partial charge in [0.15, 0.2) is 0 Å². The van der Waals surface area contributed by atoms with E-state index in [-0.39, 0.29) is 24.4 Å². The molecule has 1 aliphatic rings. The van der Waals surface area contributed by atoms with Gasteiger partial charge in [0.05, 0.1) is 36.2 Å². The first-order valence-electron chi connectivity index (χ1n) is 17.2. The Bertz CT molecular complexity index is 2020. The van der Waals surface area contributed by atoms with Crippen LogP contribution in [0.25, 0.3) is 21.9 Å². The monoisotopic (exact) mass is 710 g/mol. The van der Waals surface area contributed by atoms with Crippen molar-refractivity contribution in [3.05, 3.63) is 108 Å². The molecule has 0 spiro atoms. The molecule has 6 rings (SSSR count). The lowest BCUT2D eigenvalue weighted by atomic mass is 10.0. The lowest BCUT2D eigenvalue weighted by Crippen LogP contribution is -2.48. The Balaban J connectivity index is 0.000000217. The molecule has 3 heterocycles. The van der Waals surface area contributed by atoms with E-state index in [0.29, 0.717) is 30.5 Å². The molecule has 4 amide bonds. The molecule has 12 nitrogen and oxygen atoms in total. The minimum absolute atomic E-state index is 0.0189. The number of nitrogens with one attached hydrogen (secondary N) is 2. The van der Waals surface area contributed by atoms with Crippen LogP contribution in [-0.4, -0.2) is 65.3 Å². The molecule has 0 unspecified atom stereocenters. The first-order chi connectivity index (χ1) is 24.6. The predicted octanol–water partition coefficient (Wildman–Crippen LogP) is 6.99. The van der Waals surface area contributed by atoms with Gasteiger partial charge in [0, 0.05) is 34.5 Å². The molecule has 0 aliphatic carbocycles. The van der Waals surface area contributed by atoms with Crippen LogP contribution in [0.5, 0.6) is 0 Å². The van der Waals surface area contributed by atoms with Crippen LogP contribution in [0, 0.1) is 0 Å². The number of rotatable bonds is 9. The zero-order valence-electron chi connectivity index (χ0n) is 30.4. The average molecular weight is 711 g/mol. The topological polar surface area (TPSA) is 166 Å². The van der Waals surface area contributed by atoms with Crippen molar-refractivity contribution in [2.75, 3.05) is 13.1 Å². The second kappa shape index (κ2) is 15.7. The van der Waals surface area contributed by atoms with E-state index in [2.05, 4.69) is 10.6 Å². The van der Waals surface area contributed by atoms with Gasteiger partial charge in [-0.1, -0.05) is 48.5 Å². The Hall–Kier alpha value is -5.62. The number of amides is 4. The molecular formula is C40H46N4O8. The van der Waals surface area contributed by atoms with Crippen LogP contribution >= 0.6 is 0 Å². The first-order valence-corrected chi connectivity index (χ1v) is 17.2. The molecule has 0 fully saturated rings. The molecule has 0 saturated carbocycles. The summed E-state index contributed by atoms with van der Waals surface area (Å²) >= 11 is 0. The molecule has 2 atom stereocenters. The zero-order valence-corrected chi connectivity index (χ0v) is 30.4. The van der Waals surface area contributed by atoms with E-state index in [1.165, 1.54) is 4.90 Å². The van der Waals surface area contributed by atoms with Crippen LogP contribution < -0.4 is 16.4 Å². The number of benzene rings is 3. The number of imide groups is 1. The van der Waals surface area contributed by atoms with Crippen molar-refractivity contribution in [1.82, 2.24) is 15.5 Å². The van der Waals surface area contributed by atoms with Crippen LogP contribution in [0.15, 0.2) is 94.2 Å². The minimum atomic E-state index is -0.674. The Kier molecular flexibility index (Phi) is 11.4. The summed E-state index contributed by atoms with van der Waals surface area (Å²) in [5, 5.41) is 7.58. The first kappa shape index (κ1) is 37.6. The number of fused-ring (bicyclic) bond motifs is 3. The highest BCUT2D eigenvalue weighted by Gasteiger charge is 2.37. The SMILES string of the molecule is CC(C)(C)OC(=O)N[C@@H](Cc1coc2ccccc12)CN1C(=O)c2ccccc2C1=O.CC(C)(C)OC(=O)N[C@H](CN)Cc1coc2ccccc12. The fourth-order valence-corrected chi connectivity index (χ4v) is 5.84. The Labute approximate surface area is 302 Å². The van der Waals surface area contributed by atoms with Gasteiger partial charge in [-0.15, -0.1) is 0 Å². The van der Waals surface area contributed by atoms with Gasteiger partial charge in [-0.25, -0.2) is 9.59 Å². The third-order valence-corrected chi connectivity index (χ3v) is 8.06. The Morgan fingerprint density at radius 3 is 1.52 bits per heavy atom. The van der Waals surface area contributed by atoms with Gasteiger partial charge in [-0.05, 0) is 78.6 Å². The molecule has 4 N–H and O–H groups in total. The summed E-state index contributed by atoms with van der Waals surface area (Å²) in [5.74, 6) is -0.734. The normalized spacial score (nSPS) is 14.0. The highest BCUT2D eigenvalue weighted by Crippen LogP contribution is 2.26. The van der Waals surface area contributed by atoms with Crippen molar-refractivity contribution in [2.45, 2.75) is 77.7 Å². The number of furan rings is 2. The summed E-state index contributed by atoms with van der Waals surface area (Å²) in [6.45, 7) is 11.2. The van der Waals surface area contributed by atoms with Crippen molar-refractivity contribution < 1.29 is 37.5 Å². The third kappa shape index (κ3) is 9.58. The molecular weight excluding hydrogens is 664 g/mol. The number of hydrogen-bond donors (Lipinski definition) is 3. The fraction of sp³-hybridized carbons (Fsp3) is 0.350. The van der Waals surface area contributed by atoms with E-state index in [4.69, 9.17) is 24.0 Å². The van der Waals surface area contributed by atoms with Crippen LogP contribution in [0.4, 0.5) is 9.59 Å². The van der Waals surface area contributed by atoms with E-state index >= 15 is 0 Å². The third-order valence-electron chi connectivity index (χ3n) is 8.06. The van der Waals surface area contributed by atoms with Gasteiger partial charge in [0.1, 0.15) is 22.4 Å². The second-order valence-corrected chi connectivity index (χ2v) is 14.6. The molecule has 0 radical (unpaired) electrons. The quantitative estimate of drug-likeness (QED) is 0.137. The zero-order chi connectivity index (χ0) is 37.6. The highest BCUT2D eigenvalue weighted by molar-refractivity contribution is 6.21. The summed E-state index contributed by atoms with van der Waals surface area (Å²) in [5.41, 5.74) is 8.75. The minimum Gasteiger partial charge on any atom is -0.464 e. The number of carbonyl (C=O) groups is 4. The molecule has 0 saturated heterocycles. The summed E-state index contributed by atoms with van der Waals surface area (Å²) in [6.07, 6.45) is 3.25. The number of alkyl carbamates (subject to hydrolysis) is 2. The summed E-state index contributed by atoms with van der Waals surface area (Å²) in [4.78, 5) is 51.1. The standard InChI is InChI=1S/C24H24N2O5.C16H22N2O3/c1-24(2,3)31-23(29)25-16(12-15-14-30-20-11-7-6-8-17(15)20)13-26-21(27)18-9-4-5-10-19(18)22(26)28;1-16(2,3)21-15(19)18-12(9-17)8-11-10-20-14-7-5-4-6-13(11)14/h4-11,14,16H,12-13H2,1-3H3,(H,25,29);4-7,10,12H,8-9,17H2,1-3H3,(H,18,19)/t16-;12-/m00/s1. The van der Waals surface area contributed by atoms with E-state index in [9.17, 15) is 19.2 Å². The van der Waals surface area contributed by atoms with E-state index in [0.717, 1.165) is 33.1 Å².